The summed E-state index contributed by atoms with van der Waals surface area (Å²) in [5.74, 6) is 2.09. The molecule has 102 valence electrons. The number of rotatable bonds is 2. The normalized spacial score (nSPS) is 30.2. The second-order valence-electron chi connectivity index (χ2n) is 4.08. The van der Waals surface area contributed by atoms with Crippen LogP contribution >= 0.6 is 0 Å². The molecule has 2 rings (SSSR count). The quantitative estimate of drug-likeness (QED) is 0.427. The van der Waals surface area contributed by atoms with Crippen molar-refractivity contribution in [2.45, 2.75) is 24.5 Å². The van der Waals surface area contributed by atoms with Crippen LogP contribution in [0.4, 0.5) is 0 Å². The van der Waals surface area contributed by atoms with Gasteiger partial charge in [0, 0.05) is 6.20 Å². The van der Waals surface area contributed by atoms with Gasteiger partial charge < -0.3 is 20.1 Å². The Balaban J connectivity index is 2.46. The molecule has 1 fully saturated rings. The highest BCUT2D eigenvalue weighted by Gasteiger charge is 2.43. The van der Waals surface area contributed by atoms with Gasteiger partial charge in [-0.05, 0) is 0 Å². The summed E-state index contributed by atoms with van der Waals surface area (Å²) >= 11 is 0. The number of aliphatic hydroxyl groups excluding tert-OH is 3. The minimum Gasteiger partial charge on any atom is -0.394 e. The van der Waals surface area contributed by atoms with E-state index in [2.05, 4.69) is 5.92 Å². The number of nitrogens with zero attached hydrogens (tertiary/aromatic N) is 1. The molecule has 4 atom stereocenters. The van der Waals surface area contributed by atoms with E-state index in [4.69, 9.17) is 16.3 Å². The second-order valence-corrected chi connectivity index (χ2v) is 4.08. The molecule has 19 heavy (non-hydrogen) atoms. The number of hydrogen-bond donors (Lipinski definition) is 4. The van der Waals surface area contributed by atoms with Gasteiger partial charge in [0.15, 0.2) is 6.23 Å². The molecule has 0 spiro atoms. The van der Waals surface area contributed by atoms with Crippen molar-refractivity contribution in [1.29, 1.82) is 0 Å². The Kier molecular flexibility index (Phi) is 3.55. The lowest BCUT2D eigenvalue weighted by Crippen LogP contribution is -2.38. The molecule has 1 aromatic heterocycles. The van der Waals surface area contributed by atoms with Crippen LogP contribution in [0.3, 0.4) is 0 Å². The van der Waals surface area contributed by atoms with Crippen LogP contribution in [0.15, 0.2) is 15.8 Å². The molecule has 0 radical (unpaired) electrons. The molecule has 0 aromatic carbocycles. The summed E-state index contributed by atoms with van der Waals surface area (Å²) in [5, 5.41) is 28.3. The van der Waals surface area contributed by atoms with Crippen molar-refractivity contribution in [3.05, 3.63) is 32.6 Å². The predicted octanol–water partition coefficient (Wildman–Crippen LogP) is -2.87. The van der Waals surface area contributed by atoms with Gasteiger partial charge in [-0.15, -0.1) is 6.42 Å². The number of H-pyrrole nitrogens is 1. The van der Waals surface area contributed by atoms with Gasteiger partial charge in [-0.25, -0.2) is 4.79 Å². The lowest BCUT2D eigenvalue weighted by molar-refractivity contribution is -0.0550. The van der Waals surface area contributed by atoms with Crippen molar-refractivity contribution in [1.82, 2.24) is 9.55 Å². The molecule has 1 saturated heterocycles. The largest absolute Gasteiger partial charge is 0.394 e. The fraction of sp³-hybridized carbons (Fsp3) is 0.455. The lowest BCUT2D eigenvalue weighted by Gasteiger charge is -2.17. The van der Waals surface area contributed by atoms with Crippen LogP contribution in [0.25, 0.3) is 0 Å². The highest BCUT2D eigenvalue weighted by molar-refractivity contribution is 5.26. The number of aliphatic hydroxyl groups is 3. The zero-order valence-corrected chi connectivity index (χ0v) is 9.68. The first kappa shape index (κ1) is 13.5. The fourth-order valence-corrected chi connectivity index (χ4v) is 1.89. The molecule has 0 saturated carbocycles. The fourth-order valence-electron chi connectivity index (χ4n) is 1.89. The number of aromatic nitrogens is 2. The van der Waals surface area contributed by atoms with Crippen LogP contribution in [0.2, 0.25) is 0 Å². The van der Waals surface area contributed by atoms with Crippen LogP contribution in [0, 0.1) is 12.3 Å². The Hall–Kier alpha value is -1.92. The molecule has 1 aliphatic heterocycles. The summed E-state index contributed by atoms with van der Waals surface area (Å²) in [6.07, 6.45) is 1.14. The van der Waals surface area contributed by atoms with E-state index in [0.717, 1.165) is 10.8 Å². The summed E-state index contributed by atoms with van der Waals surface area (Å²) in [7, 11) is 0. The van der Waals surface area contributed by atoms with E-state index in [0.29, 0.717) is 0 Å². The Morgan fingerprint density at radius 3 is 2.63 bits per heavy atom. The van der Waals surface area contributed by atoms with Gasteiger partial charge in [0.1, 0.15) is 23.9 Å². The second kappa shape index (κ2) is 4.99. The molecule has 1 aliphatic rings. The number of hydrogen-bond acceptors (Lipinski definition) is 6. The Labute approximate surface area is 106 Å². The van der Waals surface area contributed by atoms with Gasteiger partial charge in [0.25, 0.3) is 5.56 Å². The van der Waals surface area contributed by atoms with Crippen molar-refractivity contribution in [2.75, 3.05) is 6.61 Å². The summed E-state index contributed by atoms with van der Waals surface area (Å²) in [4.78, 5) is 24.9. The van der Waals surface area contributed by atoms with E-state index < -0.39 is 42.4 Å². The number of ether oxygens (including phenoxy) is 1. The van der Waals surface area contributed by atoms with Gasteiger partial charge >= 0.3 is 5.69 Å². The molecule has 8 nitrogen and oxygen atoms in total. The van der Waals surface area contributed by atoms with Gasteiger partial charge in [-0.3, -0.25) is 14.3 Å². The Bertz CT molecular complexity index is 627. The number of nitrogens with one attached hydrogen (secondary N) is 1. The highest BCUT2D eigenvalue weighted by atomic mass is 16.6. The van der Waals surface area contributed by atoms with E-state index in [1.807, 2.05) is 4.98 Å². The van der Waals surface area contributed by atoms with E-state index in [9.17, 15) is 19.8 Å². The first-order valence-electron chi connectivity index (χ1n) is 5.44. The van der Waals surface area contributed by atoms with E-state index in [1.54, 1.807) is 0 Å². The Morgan fingerprint density at radius 2 is 2.11 bits per heavy atom. The maximum absolute atomic E-state index is 11.6. The van der Waals surface area contributed by atoms with Crippen molar-refractivity contribution < 1.29 is 20.1 Å². The molecule has 0 amide bonds. The topological polar surface area (TPSA) is 125 Å². The van der Waals surface area contributed by atoms with Crippen LogP contribution in [-0.2, 0) is 4.74 Å². The molecule has 0 aliphatic carbocycles. The van der Waals surface area contributed by atoms with E-state index in [1.165, 1.54) is 0 Å². The summed E-state index contributed by atoms with van der Waals surface area (Å²) in [6, 6.07) is 0. The van der Waals surface area contributed by atoms with Crippen LogP contribution in [0.1, 0.15) is 11.8 Å². The minimum atomic E-state index is -1.42. The SMILES string of the molecule is C#Cc1cn(C2O[C@H](CO)[C@@H](O)[C@@H]2O)c(=O)[nH]c1=O. The lowest BCUT2D eigenvalue weighted by atomic mass is 10.1. The number of aromatic amines is 1. The summed E-state index contributed by atoms with van der Waals surface area (Å²) in [6.45, 7) is -0.519. The molecular weight excluding hydrogens is 256 g/mol. The highest BCUT2D eigenvalue weighted by Crippen LogP contribution is 2.27. The maximum atomic E-state index is 11.6. The molecule has 1 aromatic rings. The summed E-state index contributed by atoms with van der Waals surface area (Å²) in [5.41, 5.74) is -1.67. The maximum Gasteiger partial charge on any atom is 0.330 e. The third-order valence-corrected chi connectivity index (χ3v) is 2.91. The average Bonchev–Trinajstić information content (AvgIpc) is 2.67. The number of terminal acetylenes is 1. The first-order chi connectivity index (χ1) is 8.99. The standard InChI is InChI=1S/C11H12N2O6/c1-2-5-3-13(11(18)12-9(5)17)10-8(16)7(15)6(4-14)19-10/h1,3,6-8,10,14-16H,4H2,(H,12,17,18)/t6-,7-,8+,10?/m1/s1. The van der Waals surface area contributed by atoms with E-state index >= 15 is 0 Å². The van der Waals surface area contributed by atoms with Crippen molar-refractivity contribution in [3.8, 4) is 12.3 Å². The summed E-state index contributed by atoms with van der Waals surface area (Å²) < 4.78 is 6.04. The molecule has 8 heteroatoms. The zero-order chi connectivity index (χ0) is 14.2. The molecule has 0 bridgehead atoms. The Morgan fingerprint density at radius 1 is 1.42 bits per heavy atom. The van der Waals surface area contributed by atoms with Gasteiger partial charge in [-0.2, -0.15) is 0 Å². The van der Waals surface area contributed by atoms with E-state index in [-0.39, 0.29) is 5.56 Å². The van der Waals surface area contributed by atoms with Crippen LogP contribution in [-0.4, -0.2) is 49.8 Å². The monoisotopic (exact) mass is 268 g/mol. The molecule has 1 unspecified atom stereocenters. The predicted molar refractivity (Wildman–Crippen MR) is 62.3 cm³/mol. The smallest absolute Gasteiger partial charge is 0.330 e. The van der Waals surface area contributed by atoms with Crippen LogP contribution in [0.5, 0.6) is 0 Å². The zero-order valence-electron chi connectivity index (χ0n) is 9.68. The molecule has 4 N–H and O–H groups in total. The first-order valence-corrected chi connectivity index (χ1v) is 5.44. The van der Waals surface area contributed by atoms with Gasteiger partial charge in [0.05, 0.1) is 6.61 Å². The minimum absolute atomic E-state index is 0.114. The van der Waals surface area contributed by atoms with Gasteiger partial charge in [0.2, 0.25) is 0 Å². The van der Waals surface area contributed by atoms with Crippen molar-refractivity contribution in [2.24, 2.45) is 0 Å². The van der Waals surface area contributed by atoms with Crippen LogP contribution < -0.4 is 11.2 Å². The third kappa shape index (κ3) is 2.20. The van der Waals surface area contributed by atoms with Crippen molar-refractivity contribution >= 4 is 0 Å². The molecule has 2 heterocycles. The third-order valence-electron chi connectivity index (χ3n) is 2.91. The van der Waals surface area contributed by atoms with Gasteiger partial charge in [-0.1, -0.05) is 5.92 Å². The average molecular weight is 268 g/mol. The van der Waals surface area contributed by atoms with Crippen molar-refractivity contribution in [3.63, 3.8) is 0 Å². The molecular formula is C11H12N2O6.